The van der Waals surface area contributed by atoms with E-state index in [9.17, 15) is 5.11 Å². The second-order valence-corrected chi connectivity index (χ2v) is 9.90. The number of aryl methyl sites for hydroxylation is 2. The molecule has 0 bridgehead atoms. The van der Waals surface area contributed by atoms with E-state index in [1.54, 1.807) is 7.05 Å². The summed E-state index contributed by atoms with van der Waals surface area (Å²) >= 11 is 0. The zero-order valence-electron chi connectivity index (χ0n) is 21.9. The number of hydrogen-bond donors (Lipinski definition) is 3. The van der Waals surface area contributed by atoms with Gasteiger partial charge in [-0.25, -0.2) is 9.97 Å². The van der Waals surface area contributed by atoms with Crippen LogP contribution in [0.25, 0.3) is 22.6 Å². The van der Waals surface area contributed by atoms with Gasteiger partial charge in [-0.15, -0.1) is 0 Å². The predicted molar refractivity (Wildman–Crippen MR) is 139 cm³/mol. The normalized spacial score (nSPS) is 16.1. The molecule has 1 aliphatic heterocycles. The zero-order chi connectivity index (χ0) is 25.7. The van der Waals surface area contributed by atoms with Crippen molar-refractivity contribution in [3.8, 4) is 28.4 Å². The summed E-state index contributed by atoms with van der Waals surface area (Å²) in [5.74, 6) is 2.74. The second-order valence-electron chi connectivity index (χ2n) is 9.90. The van der Waals surface area contributed by atoms with Crippen molar-refractivity contribution >= 4 is 5.82 Å². The molecule has 2 aromatic heterocycles. The fourth-order valence-electron chi connectivity index (χ4n) is 4.43. The summed E-state index contributed by atoms with van der Waals surface area (Å²) in [6, 6.07) is 7.63. The van der Waals surface area contributed by atoms with E-state index in [1.165, 1.54) is 0 Å². The second kappa shape index (κ2) is 11.4. The molecular weight excluding hydrogens is 458 g/mol. The van der Waals surface area contributed by atoms with E-state index in [4.69, 9.17) is 24.0 Å². The van der Waals surface area contributed by atoms with E-state index in [1.807, 2.05) is 45.0 Å². The van der Waals surface area contributed by atoms with Crippen LogP contribution in [0.4, 0.5) is 5.82 Å². The Morgan fingerprint density at radius 2 is 1.94 bits per heavy atom. The number of anilines is 1. The van der Waals surface area contributed by atoms with Gasteiger partial charge in [0.15, 0.2) is 5.82 Å². The number of nitrogens with zero attached hydrogens (tertiary/aromatic N) is 3. The molecule has 1 unspecified atom stereocenters. The van der Waals surface area contributed by atoms with Crippen molar-refractivity contribution in [2.45, 2.75) is 46.6 Å². The average molecular weight is 496 g/mol. The summed E-state index contributed by atoms with van der Waals surface area (Å²) in [7, 11) is 1.79. The molecule has 1 aromatic carbocycles. The van der Waals surface area contributed by atoms with Crippen molar-refractivity contribution in [2.75, 3.05) is 45.3 Å². The van der Waals surface area contributed by atoms with Gasteiger partial charge >= 0.3 is 0 Å². The van der Waals surface area contributed by atoms with Gasteiger partial charge in [-0.05, 0) is 58.2 Å². The molecular formula is C27H37N5O4. The summed E-state index contributed by atoms with van der Waals surface area (Å²) in [6.45, 7) is 11.2. The highest BCUT2D eigenvalue weighted by Crippen LogP contribution is 2.35. The Hall–Kier alpha value is -3.01. The molecule has 194 valence electrons. The summed E-state index contributed by atoms with van der Waals surface area (Å²) in [6.07, 6.45) is 1.42. The minimum absolute atomic E-state index is 0.140. The van der Waals surface area contributed by atoms with Crippen LogP contribution in [0.5, 0.6) is 5.75 Å². The molecule has 0 saturated carbocycles. The Morgan fingerprint density at radius 3 is 2.64 bits per heavy atom. The molecule has 0 spiro atoms. The standard InChI is InChI=1S/C27H37N5O4/c1-17-24(23-18(2)32-36-19(23)3)30-26(31-25(17)29-16-27(4)9-11-34-12-10-27)20-7-6-8-22(13-20)35-15-21(33)14-28-5/h6-8,13,21,28,33H,9-12,14-16H2,1-5H3,(H,29,30,31). The molecule has 9 heteroatoms. The van der Waals surface area contributed by atoms with Crippen LogP contribution in [0, 0.1) is 26.2 Å². The van der Waals surface area contributed by atoms with Crippen LogP contribution < -0.4 is 15.4 Å². The Morgan fingerprint density at radius 1 is 1.17 bits per heavy atom. The first-order valence-corrected chi connectivity index (χ1v) is 12.5. The molecule has 0 aliphatic carbocycles. The zero-order valence-corrected chi connectivity index (χ0v) is 21.9. The number of aliphatic hydroxyl groups excluding tert-OH is 1. The molecule has 3 heterocycles. The molecule has 1 atom stereocenters. The van der Waals surface area contributed by atoms with Crippen molar-refractivity contribution in [1.82, 2.24) is 20.4 Å². The van der Waals surface area contributed by atoms with Gasteiger partial charge in [0.05, 0.1) is 17.0 Å². The Bertz CT molecular complexity index is 1150. The first-order valence-electron chi connectivity index (χ1n) is 12.5. The third-order valence-electron chi connectivity index (χ3n) is 6.77. The van der Waals surface area contributed by atoms with Gasteiger partial charge in [-0.2, -0.15) is 0 Å². The first kappa shape index (κ1) is 26.1. The van der Waals surface area contributed by atoms with E-state index in [-0.39, 0.29) is 12.0 Å². The maximum atomic E-state index is 10.0. The van der Waals surface area contributed by atoms with Crippen LogP contribution in [0.15, 0.2) is 28.8 Å². The smallest absolute Gasteiger partial charge is 0.162 e. The molecule has 1 saturated heterocycles. The molecule has 0 amide bonds. The van der Waals surface area contributed by atoms with Gasteiger partial charge in [0, 0.05) is 37.4 Å². The minimum Gasteiger partial charge on any atom is -0.491 e. The number of ether oxygens (including phenoxy) is 2. The molecule has 1 fully saturated rings. The van der Waals surface area contributed by atoms with E-state index < -0.39 is 6.10 Å². The van der Waals surface area contributed by atoms with E-state index >= 15 is 0 Å². The predicted octanol–water partition coefficient (Wildman–Crippen LogP) is 3.91. The number of aliphatic hydroxyl groups is 1. The monoisotopic (exact) mass is 495 g/mol. The van der Waals surface area contributed by atoms with Crippen LogP contribution in [0.2, 0.25) is 0 Å². The largest absolute Gasteiger partial charge is 0.491 e. The van der Waals surface area contributed by atoms with Gasteiger partial charge in [-0.3, -0.25) is 0 Å². The van der Waals surface area contributed by atoms with Gasteiger partial charge in [0.2, 0.25) is 0 Å². The van der Waals surface area contributed by atoms with Crippen molar-refractivity contribution in [1.29, 1.82) is 0 Å². The van der Waals surface area contributed by atoms with Crippen molar-refractivity contribution in [3.05, 3.63) is 41.3 Å². The van der Waals surface area contributed by atoms with Crippen LogP contribution in [-0.2, 0) is 4.74 Å². The Labute approximate surface area is 212 Å². The summed E-state index contributed by atoms with van der Waals surface area (Å²) in [4.78, 5) is 9.89. The minimum atomic E-state index is -0.595. The van der Waals surface area contributed by atoms with Crippen molar-refractivity contribution in [2.24, 2.45) is 5.41 Å². The molecule has 0 radical (unpaired) electrons. The topological polar surface area (TPSA) is 115 Å². The number of hydrogen-bond acceptors (Lipinski definition) is 9. The van der Waals surface area contributed by atoms with Crippen LogP contribution >= 0.6 is 0 Å². The van der Waals surface area contributed by atoms with Gasteiger partial charge < -0.3 is 29.7 Å². The van der Waals surface area contributed by atoms with Crippen molar-refractivity contribution in [3.63, 3.8) is 0 Å². The lowest BCUT2D eigenvalue weighted by Crippen LogP contribution is -2.33. The Kier molecular flexibility index (Phi) is 8.23. The van der Waals surface area contributed by atoms with E-state index in [0.717, 1.165) is 72.3 Å². The van der Waals surface area contributed by atoms with E-state index in [2.05, 4.69) is 22.7 Å². The summed E-state index contributed by atoms with van der Waals surface area (Å²) in [5.41, 5.74) is 4.39. The highest BCUT2D eigenvalue weighted by atomic mass is 16.5. The number of rotatable bonds is 10. The highest BCUT2D eigenvalue weighted by Gasteiger charge is 2.28. The van der Waals surface area contributed by atoms with E-state index in [0.29, 0.717) is 18.1 Å². The average Bonchev–Trinajstić information content (AvgIpc) is 3.20. The van der Waals surface area contributed by atoms with Crippen LogP contribution in [0.1, 0.15) is 36.8 Å². The summed E-state index contributed by atoms with van der Waals surface area (Å²) < 4.78 is 16.8. The summed E-state index contributed by atoms with van der Waals surface area (Å²) in [5, 5.41) is 20.7. The molecule has 1 aliphatic rings. The number of likely N-dealkylation sites (N-methyl/N-ethyl adjacent to an activating group) is 1. The van der Waals surface area contributed by atoms with Gasteiger partial charge in [0.1, 0.15) is 30.0 Å². The quantitative estimate of drug-likeness (QED) is 0.385. The third kappa shape index (κ3) is 6.03. The lowest BCUT2D eigenvalue weighted by Gasteiger charge is -2.34. The third-order valence-corrected chi connectivity index (χ3v) is 6.77. The maximum absolute atomic E-state index is 10.0. The lowest BCUT2D eigenvalue weighted by atomic mass is 9.82. The van der Waals surface area contributed by atoms with Gasteiger partial charge in [0.25, 0.3) is 0 Å². The molecule has 3 aromatic rings. The van der Waals surface area contributed by atoms with Crippen LogP contribution in [0.3, 0.4) is 0 Å². The Balaban J connectivity index is 1.69. The fourth-order valence-corrected chi connectivity index (χ4v) is 4.43. The number of aromatic nitrogens is 3. The van der Waals surface area contributed by atoms with Crippen LogP contribution in [-0.4, -0.2) is 66.3 Å². The molecule has 3 N–H and O–H groups in total. The maximum Gasteiger partial charge on any atom is 0.162 e. The number of benzene rings is 1. The first-order chi connectivity index (χ1) is 17.3. The van der Waals surface area contributed by atoms with Gasteiger partial charge in [-0.1, -0.05) is 24.2 Å². The SMILES string of the molecule is CNCC(O)COc1cccc(-c2nc(NCC3(C)CCOCC3)c(C)c(-c3c(C)noc3C)n2)c1. The molecule has 4 rings (SSSR count). The molecule has 9 nitrogen and oxygen atoms in total. The number of nitrogens with one attached hydrogen (secondary N) is 2. The fraction of sp³-hybridized carbons (Fsp3) is 0.519. The van der Waals surface area contributed by atoms with Crippen molar-refractivity contribution < 1.29 is 19.1 Å². The lowest BCUT2D eigenvalue weighted by molar-refractivity contribution is 0.0299. The highest BCUT2D eigenvalue weighted by molar-refractivity contribution is 5.74. The molecule has 36 heavy (non-hydrogen) atoms.